The van der Waals surface area contributed by atoms with Gasteiger partial charge in [0.05, 0.1) is 30.2 Å². The summed E-state index contributed by atoms with van der Waals surface area (Å²) in [7, 11) is 0. The lowest BCUT2D eigenvalue weighted by atomic mass is 9.95. The Hall–Kier alpha value is -2.02. The smallest absolute Gasteiger partial charge is 0.412 e. The zero-order valence-electron chi connectivity index (χ0n) is 12.0. The van der Waals surface area contributed by atoms with E-state index < -0.39 is 6.09 Å². The first-order valence-electron chi connectivity index (χ1n) is 7.21. The molecule has 0 spiro atoms. The zero-order chi connectivity index (χ0) is 15.0. The van der Waals surface area contributed by atoms with Crippen molar-refractivity contribution in [2.24, 2.45) is 5.92 Å². The Balaban J connectivity index is 2.02. The Morgan fingerprint density at radius 1 is 1.57 bits per heavy atom. The van der Waals surface area contributed by atoms with Crippen LogP contribution in [0.1, 0.15) is 18.9 Å². The molecule has 0 radical (unpaired) electrons. The second-order valence-electron chi connectivity index (χ2n) is 5.75. The van der Waals surface area contributed by atoms with Crippen LogP contribution in [-0.4, -0.2) is 41.9 Å². The average molecular weight is 292 g/mol. The molecule has 1 fully saturated rings. The summed E-state index contributed by atoms with van der Waals surface area (Å²) in [6.45, 7) is 4.18. The van der Waals surface area contributed by atoms with Gasteiger partial charge >= 0.3 is 6.09 Å². The van der Waals surface area contributed by atoms with Crippen molar-refractivity contribution < 1.29 is 14.6 Å². The molecule has 0 aliphatic carbocycles. The van der Waals surface area contributed by atoms with Gasteiger partial charge in [0, 0.05) is 18.5 Å². The molecule has 0 aromatic carbocycles. The van der Waals surface area contributed by atoms with E-state index in [1.807, 2.05) is 0 Å². The number of carboxylic acid groups (broad SMARTS) is 1. The number of nitrogens with zero attached hydrogens (tertiary/aromatic N) is 2. The van der Waals surface area contributed by atoms with E-state index in [4.69, 9.17) is 10.5 Å². The van der Waals surface area contributed by atoms with E-state index in [-0.39, 0.29) is 6.04 Å². The molecule has 7 nitrogen and oxygen atoms in total. The Morgan fingerprint density at radius 2 is 2.38 bits per heavy atom. The van der Waals surface area contributed by atoms with Gasteiger partial charge in [-0.15, -0.1) is 0 Å². The summed E-state index contributed by atoms with van der Waals surface area (Å²) in [5.74, 6) is 0.931. The van der Waals surface area contributed by atoms with Crippen LogP contribution < -0.4 is 20.7 Å². The summed E-state index contributed by atoms with van der Waals surface area (Å²) in [5.41, 5.74) is 7.77. The van der Waals surface area contributed by atoms with Gasteiger partial charge in [-0.1, -0.05) is 6.92 Å². The highest BCUT2D eigenvalue weighted by Gasteiger charge is 2.34. The first-order valence-corrected chi connectivity index (χ1v) is 7.21. The fourth-order valence-electron chi connectivity index (χ4n) is 3.19. The molecule has 1 saturated heterocycles. The number of nitrogens with one attached hydrogen (secondary N) is 1. The Kier molecular flexibility index (Phi) is 3.59. The standard InChI is InChI=1S/C14H20N4O3/c1-8-4-9(6-16-5-8)18(14(19)20)12-10-2-3-21-13(10)17-7-11(12)15/h7-9,16H,2-6,15H2,1H3,(H,19,20)/t8-,9+/m1/s1. The van der Waals surface area contributed by atoms with E-state index in [2.05, 4.69) is 17.2 Å². The Morgan fingerprint density at radius 3 is 3.10 bits per heavy atom. The van der Waals surface area contributed by atoms with Crippen molar-refractivity contribution in [1.82, 2.24) is 10.3 Å². The first kappa shape index (κ1) is 13.9. The van der Waals surface area contributed by atoms with E-state index in [9.17, 15) is 9.90 Å². The SMILES string of the molecule is C[C@H]1CNC[C@@H](N(C(=O)O)c2c(N)cnc3c2CCO3)C1. The van der Waals surface area contributed by atoms with E-state index >= 15 is 0 Å². The third-order valence-corrected chi connectivity index (χ3v) is 4.09. The predicted octanol–water partition coefficient (Wildman–Crippen LogP) is 1.08. The third-order valence-electron chi connectivity index (χ3n) is 4.09. The van der Waals surface area contributed by atoms with Crippen LogP contribution in [0.2, 0.25) is 0 Å². The van der Waals surface area contributed by atoms with Crippen molar-refractivity contribution in [1.29, 1.82) is 0 Å². The van der Waals surface area contributed by atoms with Gasteiger partial charge in [-0.05, 0) is 18.9 Å². The highest BCUT2D eigenvalue weighted by molar-refractivity contribution is 5.93. The lowest BCUT2D eigenvalue weighted by Crippen LogP contribution is -2.51. The number of hydrogen-bond acceptors (Lipinski definition) is 5. The molecule has 4 N–H and O–H groups in total. The van der Waals surface area contributed by atoms with Gasteiger partial charge < -0.3 is 20.9 Å². The molecule has 114 valence electrons. The minimum Gasteiger partial charge on any atom is -0.477 e. The molecule has 3 rings (SSSR count). The van der Waals surface area contributed by atoms with Crippen LogP contribution in [0.5, 0.6) is 5.88 Å². The van der Waals surface area contributed by atoms with E-state index in [0.29, 0.717) is 42.7 Å². The zero-order valence-corrected chi connectivity index (χ0v) is 12.0. The van der Waals surface area contributed by atoms with Crippen LogP contribution in [0.25, 0.3) is 0 Å². The van der Waals surface area contributed by atoms with Crippen molar-refractivity contribution >= 4 is 17.5 Å². The second-order valence-corrected chi connectivity index (χ2v) is 5.75. The van der Waals surface area contributed by atoms with Crippen LogP contribution in [0.15, 0.2) is 6.20 Å². The number of hydrogen-bond donors (Lipinski definition) is 3. The number of nitrogens with two attached hydrogens (primary N) is 1. The van der Waals surface area contributed by atoms with Crippen molar-refractivity contribution in [2.75, 3.05) is 30.3 Å². The van der Waals surface area contributed by atoms with Gasteiger partial charge in [0.1, 0.15) is 0 Å². The maximum atomic E-state index is 11.8. The predicted molar refractivity (Wildman–Crippen MR) is 78.8 cm³/mol. The van der Waals surface area contributed by atoms with Crippen molar-refractivity contribution in [2.45, 2.75) is 25.8 Å². The minimum atomic E-state index is -0.983. The van der Waals surface area contributed by atoms with Crippen molar-refractivity contribution in [3.05, 3.63) is 11.8 Å². The molecular formula is C14H20N4O3. The number of aromatic nitrogens is 1. The molecular weight excluding hydrogens is 272 g/mol. The first-order chi connectivity index (χ1) is 10.1. The van der Waals surface area contributed by atoms with Gasteiger partial charge in [0.25, 0.3) is 0 Å². The maximum absolute atomic E-state index is 11.8. The van der Waals surface area contributed by atoms with Gasteiger partial charge in [0.2, 0.25) is 5.88 Å². The molecule has 0 saturated carbocycles. The number of pyridine rings is 1. The number of rotatable bonds is 2. The molecule has 0 bridgehead atoms. The number of nitrogen functional groups attached to an aromatic ring is 1. The van der Waals surface area contributed by atoms with Crippen LogP contribution in [-0.2, 0) is 6.42 Å². The van der Waals surface area contributed by atoms with Crippen LogP contribution in [0, 0.1) is 5.92 Å². The summed E-state index contributed by atoms with van der Waals surface area (Å²) < 4.78 is 5.43. The summed E-state index contributed by atoms with van der Waals surface area (Å²) >= 11 is 0. The topological polar surface area (TPSA) is 101 Å². The highest BCUT2D eigenvalue weighted by atomic mass is 16.5. The van der Waals surface area contributed by atoms with Crippen molar-refractivity contribution in [3.63, 3.8) is 0 Å². The molecule has 1 aromatic heterocycles. The molecule has 2 atom stereocenters. The van der Waals surface area contributed by atoms with Crippen molar-refractivity contribution in [3.8, 4) is 5.88 Å². The molecule has 1 amide bonds. The minimum absolute atomic E-state index is 0.124. The van der Waals surface area contributed by atoms with Crippen LogP contribution >= 0.6 is 0 Å². The number of amides is 1. The molecule has 3 heterocycles. The third kappa shape index (κ3) is 2.49. The number of fused-ring (bicyclic) bond motifs is 1. The van der Waals surface area contributed by atoms with E-state index in [0.717, 1.165) is 18.5 Å². The van der Waals surface area contributed by atoms with E-state index in [1.165, 1.54) is 11.1 Å². The number of ether oxygens (including phenoxy) is 1. The normalized spacial score (nSPS) is 24.2. The Bertz CT molecular complexity index is 563. The fraction of sp³-hybridized carbons (Fsp3) is 0.571. The summed E-state index contributed by atoms with van der Waals surface area (Å²) in [4.78, 5) is 17.4. The lowest BCUT2D eigenvalue weighted by Gasteiger charge is -2.36. The number of anilines is 2. The summed E-state index contributed by atoms with van der Waals surface area (Å²) in [6.07, 6.45) is 1.96. The number of piperidine rings is 1. The highest BCUT2D eigenvalue weighted by Crippen LogP contribution is 2.38. The van der Waals surface area contributed by atoms with Gasteiger partial charge in [-0.2, -0.15) is 0 Å². The molecule has 21 heavy (non-hydrogen) atoms. The quantitative estimate of drug-likeness (QED) is 0.754. The summed E-state index contributed by atoms with van der Waals surface area (Å²) in [5, 5.41) is 13.0. The fourth-order valence-corrected chi connectivity index (χ4v) is 3.19. The number of carbonyl (C=O) groups is 1. The molecule has 1 aromatic rings. The van der Waals surface area contributed by atoms with Gasteiger partial charge in [-0.25, -0.2) is 9.78 Å². The maximum Gasteiger partial charge on any atom is 0.412 e. The van der Waals surface area contributed by atoms with Crippen LogP contribution in [0.3, 0.4) is 0 Å². The van der Waals surface area contributed by atoms with Gasteiger partial charge in [0.15, 0.2) is 0 Å². The van der Waals surface area contributed by atoms with Gasteiger partial charge in [-0.3, -0.25) is 4.90 Å². The molecule has 2 aliphatic rings. The average Bonchev–Trinajstić information content (AvgIpc) is 2.90. The second kappa shape index (κ2) is 5.40. The largest absolute Gasteiger partial charge is 0.477 e. The van der Waals surface area contributed by atoms with E-state index in [1.54, 1.807) is 0 Å². The van der Waals surface area contributed by atoms with Crippen LogP contribution in [0.4, 0.5) is 16.2 Å². The molecule has 7 heteroatoms. The molecule has 0 unspecified atom stereocenters. The molecule has 2 aliphatic heterocycles. The summed E-state index contributed by atoms with van der Waals surface area (Å²) in [6, 6.07) is -0.124. The Labute approximate surface area is 123 Å². The lowest BCUT2D eigenvalue weighted by molar-refractivity contribution is 0.195. The monoisotopic (exact) mass is 292 g/mol.